The summed E-state index contributed by atoms with van der Waals surface area (Å²) >= 11 is 0. The first-order chi connectivity index (χ1) is 7.90. The highest BCUT2D eigenvalue weighted by atomic mass is 16.4. The third-order valence-corrected chi connectivity index (χ3v) is 2.46. The SMILES string of the molecule is ON=CC1C=CC=CC1=Cc1ccccc1. The molecule has 0 spiro atoms. The van der Waals surface area contributed by atoms with Crippen molar-refractivity contribution in [3.63, 3.8) is 0 Å². The van der Waals surface area contributed by atoms with E-state index in [2.05, 4.69) is 11.2 Å². The van der Waals surface area contributed by atoms with Crippen molar-refractivity contribution in [1.29, 1.82) is 0 Å². The normalized spacial score (nSPS) is 22.0. The molecule has 80 valence electrons. The quantitative estimate of drug-likeness (QED) is 0.454. The Balaban J connectivity index is 2.28. The lowest BCUT2D eigenvalue weighted by Crippen LogP contribution is -2.03. The molecule has 0 aliphatic heterocycles. The van der Waals surface area contributed by atoms with Crippen LogP contribution in [0.25, 0.3) is 6.08 Å². The molecule has 2 rings (SSSR count). The Labute approximate surface area is 94.9 Å². The third kappa shape index (κ3) is 2.48. The van der Waals surface area contributed by atoms with Crippen LogP contribution in [-0.4, -0.2) is 11.4 Å². The van der Waals surface area contributed by atoms with Crippen LogP contribution in [0.2, 0.25) is 0 Å². The van der Waals surface area contributed by atoms with Crippen LogP contribution in [0.15, 0.2) is 65.4 Å². The molecule has 0 heterocycles. The molecule has 1 aromatic carbocycles. The first kappa shape index (κ1) is 10.4. The summed E-state index contributed by atoms with van der Waals surface area (Å²) in [7, 11) is 0. The fourth-order valence-electron chi connectivity index (χ4n) is 1.67. The van der Waals surface area contributed by atoms with Crippen molar-refractivity contribution >= 4 is 12.3 Å². The molecule has 1 unspecified atom stereocenters. The molecule has 1 aromatic rings. The van der Waals surface area contributed by atoms with E-state index in [-0.39, 0.29) is 5.92 Å². The molecule has 0 aromatic heterocycles. The van der Waals surface area contributed by atoms with Crippen molar-refractivity contribution in [2.45, 2.75) is 0 Å². The van der Waals surface area contributed by atoms with Gasteiger partial charge in [0.05, 0.1) is 6.21 Å². The van der Waals surface area contributed by atoms with Crippen LogP contribution >= 0.6 is 0 Å². The average molecular weight is 211 g/mol. The van der Waals surface area contributed by atoms with Crippen LogP contribution in [0.5, 0.6) is 0 Å². The van der Waals surface area contributed by atoms with Crippen LogP contribution in [-0.2, 0) is 0 Å². The lowest BCUT2D eigenvalue weighted by molar-refractivity contribution is 0.320. The molecule has 1 N–H and O–H groups in total. The average Bonchev–Trinajstić information content (AvgIpc) is 2.33. The van der Waals surface area contributed by atoms with Gasteiger partial charge in [-0.3, -0.25) is 0 Å². The molecule has 0 fully saturated rings. The number of nitrogens with zero attached hydrogens (tertiary/aromatic N) is 1. The van der Waals surface area contributed by atoms with Gasteiger partial charge in [-0.05, 0) is 11.1 Å². The van der Waals surface area contributed by atoms with Crippen LogP contribution in [0, 0.1) is 5.92 Å². The van der Waals surface area contributed by atoms with Crippen molar-refractivity contribution in [1.82, 2.24) is 0 Å². The maximum Gasteiger partial charge on any atom is 0.0548 e. The van der Waals surface area contributed by atoms with Gasteiger partial charge in [-0.25, -0.2) is 0 Å². The Kier molecular flexibility index (Phi) is 3.34. The molecule has 1 aliphatic rings. The van der Waals surface area contributed by atoms with E-state index in [9.17, 15) is 0 Å². The lowest BCUT2D eigenvalue weighted by Gasteiger charge is -2.11. The summed E-state index contributed by atoms with van der Waals surface area (Å²) in [6.07, 6.45) is 11.6. The molecule has 0 radical (unpaired) electrons. The van der Waals surface area contributed by atoms with Crippen LogP contribution in [0.1, 0.15) is 5.56 Å². The van der Waals surface area contributed by atoms with Gasteiger partial charge in [0.25, 0.3) is 0 Å². The van der Waals surface area contributed by atoms with Gasteiger partial charge >= 0.3 is 0 Å². The standard InChI is InChI=1S/C14H13NO/c16-15-11-14-9-5-4-8-13(14)10-12-6-2-1-3-7-12/h1-11,14,16H. The van der Waals surface area contributed by atoms with Crippen molar-refractivity contribution in [2.24, 2.45) is 11.1 Å². The maximum absolute atomic E-state index is 8.59. The van der Waals surface area contributed by atoms with Gasteiger partial charge < -0.3 is 5.21 Å². The number of rotatable bonds is 2. The molecule has 0 saturated carbocycles. The van der Waals surface area contributed by atoms with Gasteiger partial charge in [0, 0.05) is 5.92 Å². The highest BCUT2D eigenvalue weighted by Crippen LogP contribution is 2.20. The fraction of sp³-hybridized carbons (Fsp3) is 0.0714. The molecule has 1 atom stereocenters. The second-order valence-electron chi connectivity index (χ2n) is 3.59. The Morgan fingerprint density at radius 1 is 1.12 bits per heavy atom. The number of oxime groups is 1. The molecular formula is C14H13NO. The van der Waals surface area contributed by atoms with E-state index < -0.39 is 0 Å². The number of hydrogen-bond donors (Lipinski definition) is 1. The zero-order valence-electron chi connectivity index (χ0n) is 8.82. The number of hydrogen-bond acceptors (Lipinski definition) is 2. The Morgan fingerprint density at radius 2 is 1.94 bits per heavy atom. The van der Waals surface area contributed by atoms with E-state index >= 15 is 0 Å². The second-order valence-corrected chi connectivity index (χ2v) is 3.59. The Morgan fingerprint density at radius 3 is 2.69 bits per heavy atom. The smallest absolute Gasteiger partial charge is 0.0548 e. The van der Waals surface area contributed by atoms with E-state index in [0.29, 0.717) is 0 Å². The number of benzene rings is 1. The van der Waals surface area contributed by atoms with Gasteiger partial charge in [0.2, 0.25) is 0 Å². The second kappa shape index (κ2) is 5.12. The van der Waals surface area contributed by atoms with E-state index in [4.69, 9.17) is 5.21 Å². The van der Waals surface area contributed by atoms with E-state index in [1.807, 2.05) is 54.6 Å². The molecular weight excluding hydrogens is 198 g/mol. The topological polar surface area (TPSA) is 32.6 Å². The highest BCUT2D eigenvalue weighted by Gasteiger charge is 2.08. The van der Waals surface area contributed by atoms with Gasteiger partial charge in [-0.15, -0.1) is 5.16 Å². The van der Waals surface area contributed by atoms with Crippen molar-refractivity contribution in [2.75, 3.05) is 0 Å². The van der Waals surface area contributed by atoms with Gasteiger partial charge in [-0.1, -0.05) is 60.7 Å². The Hall–Kier alpha value is -2.09. The van der Waals surface area contributed by atoms with Crippen molar-refractivity contribution in [3.05, 3.63) is 65.8 Å². The third-order valence-electron chi connectivity index (χ3n) is 2.46. The summed E-state index contributed by atoms with van der Waals surface area (Å²) in [5.41, 5.74) is 2.26. The summed E-state index contributed by atoms with van der Waals surface area (Å²) in [5, 5.41) is 11.7. The largest absolute Gasteiger partial charge is 0.411 e. The van der Waals surface area contributed by atoms with Crippen LogP contribution in [0.3, 0.4) is 0 Å². The molecule has 2 nitrogen and oxygen atoms in total. The minimum Gasteiger partial charge on any atom is -0.411 e. The van der Waals surface area contributed by atoms with Crippen LogP contribution < -0.4 is 0 Å². The zero-order valence-corrected chi connectivity index (χ0v) is 8.82. The summed E-state index contributed by atoms with van der Waals surface area (Å²) in [6.45, 7) is 0. The van der Waals surface area contributed by atoms with E-state index in [0.717, 1.165) is 11.1 Å². The monoisotopic (exact) mass is 211 g/mol. The fourth-order valence-corrected chi connectivity index (χ4v) is 1.67. The minimum absolute atomic E-state index is 0.0511. The van der Waals surface area contributed by atoms with E-state index in [1.165, 1.54) is 6.21 Å². The molecule has 0 amide bonds. The summed E-state index contributed by atoms with van der Waals surface area (Å²) in [6, 6.07) is 10.1. The predicted molar refractivity (Wildman–Crippen MR) is 66.5 cm³/mol. The minimum atomic E-state index is 0.0511. The zero-order chi connectivity index (χ0) is 11.2. The molecule has 0 saturated heterocycles. The molecule has 16 heavy (non-hydrogen) atoms. The summed E-state index contributed by atoms with van der Waals surface area (Å²) in [4.78, 5) is 0. The van der Waals surface area contributed by atoms with Crippen molar-refractivity contribution < 1.29 is 5.21 Å². The first-order valence-corrected chi connectivity index (χ1v) is 5.19. The predicted octanol–water partition coefficient (Wildman–Crippen LogP) is 3.27. The molecule has 2 heteroatoms. The van der Waals surface area contributed by atoms with Crippen molar-refractivity contribution in [3.8, 4) is 0 Å². The summed E-state index contributed by atoms with van der Waals surface area (Å²) < 4.78 is 0. The molecule has 1 aliphatic carbocycles. The number of allylic oxidation sites excluding steroid dienone is 5. The van der Waals surface area contributed by atoms with Gasteiger partial charge in [-0.2, -0.15) is 0 Å². The Bertz CT molecular complexity index is 455. The lowest BCUT2D eigenvalue weighted by atomic mass is 9.94. The van der Waals surface area contributed by atoms with Gasteiger partial charge in [0.15, 0.2) is 0 Å². The summed E-state index contributed by atoms with van der Waals surface area (Å²) in [5.74, 6) is 0.0511. The first-order valence-electron chi connectivity index (χ1n) is 5.19. The maximum atomic E-state index is 8.59. The molecule has 0 bridgehead atoms. The van der Waals surface area contributed by atoms with Gasteiger partial charge in [0.1, 0.15) is 0 Å². The van der Waals surface area contributed by atoms with Crippen LogP contribution in [0.4, 0.5) is 0 Å². The van der Waals surface area contributed by atoms with E-state index in [1.54, 1.807) is 0 Å². The highest BCUT2D eigenvalue weighted by molar-refractivity contribution is 5.74.